The number of fused-ring (bicyclic) bond motifs is 3. The molecule has 142 valence electrons. The molecule has 1 N–H and O–H groups in total. The maximum atomic E-state index is 12.4. The number of rotatable bonds is 4. The van der Waals surface area contributed by atoms with Crippen LogP contribution in [0.2, 0.25) is 0 Å². The second-order valence-electron chi connectivity index (χ2n) is 6.18. The third-order valence-electron chi connectivity index (χ3n) is 4.72. The number of carbonyl (C=O) groups is 1. The van der Waals surface area contributed by atoms with Crippen LogP contribution in [-0.2, 0) is 4.74 Å². The second kappa shape index (κ2) is 7.13. The van der Waals surface area contributed by atoms with Gasteiger partial charge in [-0.15, -0.1) is 11.8 Å². The highest BCUT2D eigenvalue weighted by molar-refractivity contribution is 7.98. The molecule has 5 nitrogen and oxygen atoms in total. The van der Waals surface area contributed by atoms with E-state index in [2.05, 4.69) is 0 Å². The number of hydrogen-bond donors (Lipinski definition) is 1. The van der Waals surface area contributed by atoms with E-state index >= 15 is 0 Å². The Kier molecular flexibility index (Phi) is 4.65. The molecule has 4 rings (SSSR count). The van der Waals surface area contributed by atoms with Crippen LogP contribution in [0.5, 0.6) is 11.5 Å². The Labute approximate surface area is 165 Å². The van der Waals surface area contributed by atoms with Gasteiger partial charge in [0.2, 0.25) is 0 Å². The fourth-order valence-corrected chi connectivity index (χ4v) is 3.80. The van der Waals surface area contributed by atoms with Gasteiger partial charge in [-0.05, 0) is 36.1 Å². The lowest BCUT2D eigenvalue weighted by molar-refractivity contribution is 0.0600. The second-order valence-corrected chi connectivity index (χ2v) is 7.06. The maximum Gasteiger partial charge on any atom is 0.342 e. The number of methoxy groups -OCH3 is 2. The molecule has 0 unspecified atom stereocenters. The Morgan fingerprint density at radius 1 is 1.07 bits per heavy atom. The van der Waals surface area contributed by atoms with Gasteiger partial charge in [-0.1, -0.05) is 24.3 Å². The number of phenols is 1. The summed E-state index contributed by atoms with van der Waals surface area (Å²) in [6, 6.07) is 14.9. The van der Waals surface area contributed by atoms with Crippen LogP contribution in [0, 0.1) is 0 Å². The van der Waals surface area contributed by atoms with Gasteiger partial charge in [-0.25, -0.2) is 4.79 Å². The smallest absolute Gasteiger partial charge is 0.342 e. The molecular weight excluding hydrogens is 376 g/mol. The minimum absolute atomic E-state index is 0.0778. The Hall–Kier alpha value is -3.12. The Morgan fingerprint density at radius 3 is 2.46 bits per heavy atom. The van der Waals surface area contributed by atoms with Crippen molar-refractivity contribution in [2.75, 3.05) is 20.5 Å². The molecule has 0 bridgehead atoms. The number of aromatic hydroxyl groups is 1. The number of hydrogen-bond acceptors (Lipinski definition) is 6. The van der Waals surface area contributed by atoms with Gasteiger partial charge in [-0.3, -0.25) is 0 Å². The molecule has 6 heteroatoms. The molecular formula is C22H18O5S. The lowest BCUT2D eigenvalue weighted by Gasteiger charge is -2.09. The molecule has 1 heterocycles. The summed E-state index contributed by atoms with van der Waals surface area (Å²) >= 11 is 1.65. The van der Waals surface area contributed by atoms with Crippen LogP contribution in [0.25, 0.3) is 33.1 Å². The highest BCUT2D eigenvalue weighted by Crippen LogP contribution is 2.44. The van der Waals surface area contributed by atoms with E-state index in [1.165, 1.54) is 13.2 Å². The average Bonchev–Trinajstić information content (AvgIpc) is 3.12. The van der Waals surface area contributed by atoms with Gasteiger partial charge >= 0.3 is 5.97 Å². The first-order chi connectivity index (χ1) is 13.6. The van der Waals surface area contributed by atoms with E-state index in [4.69, 9.17) is 13.9 Å². The zero-order valence-corrected chi connectivity index (χ0v) is 16.4. The quantitative estimate of drug-likeness (QED) is 0.365. The van der Waals surface area contributed by atoms with Crippen LogP contribution in [0.4, 0.5) is 0 Å². The van der Waals surface area contributed by atoms with Crippen molar-refractivity contribution >= 4 is 39.7 Å². The lowest BCUT2D eigenvalue weighted by Crippen LogP contribution is -2.02. The van der Waals surface area contributed by atoms with Crippen LogP contribution in [0.15, 0.2) is 57.8 Å². The fourth-order valence-electron chi connectivity index (χ4n) is 3.39. The molecule has 0 radical (unpaired) electrons. The van der Waals surface area contributed by atoms with Gasteiger partial charge < -0.3 is 19.0 Å². The summed E-state index contributed by atoms with van der Waals surface area (Å²) in [6.07, 6.45) is 2.01. The molecule has 1 aromatic heterocycles. The van der Waals surface area contributed by atoms with Crippen LogP contribution >= 0.6 is 11.8 Å². The highest BCUT2D eigenvalue weighted by Gasteiger charge is 2.25. The summed E-state index contributed by atoms with van der Waals surface area (Å²) in [7, 11) is 2.84. The van der Waals surface area contributed by atoms with Crippen molar-refractivity contribution in [1.82, 2.24) is 0 Å². The largest absolute Gasteiger partial charge is 0.507 e. The number of benzene rings is 3. The van der Waals surface area contributed by atoms with Crippen molar-refractivity contribution in [2.45, 2.75) is 4.90 Å². The van der Waals surface area contributed by atoms with Gasteiger partial charge in [0.15, 0.2) is 11.3 Å². The summed E-state index contributed by atoms with van der Waals surface area (Å²) in [5, 5.41) is 11.9. The van der Waals surface area contributed by atoms with E-state index in [1.807, 2.05) is 42.7 Å². The van der Waals surface area contributed by atoms with E-state index in [0.29, 0.717) is 33.3 Å². The molecule has 0 saturated heterocycles. The fraction of sp³-hybridized carbons (Fsp3) is 0.136. The molecule has 0 aliphatic heterocycles. The molecule has 0 amide bonds. The summed E-state index contributed by atoms with van der Waals surface area (Å²) in [5.74, 6) is -0.237. The standard InChI is InChI=1S/C22H18O5S/c1-25-17-6-4-5-14-18-19(22(24)26-2)16(23)11-15(21(18)27-20(14)17)12-7-9-13(28-3)10-8-12/h4-11,23H,1-3H3. The van der Waals surface area contributed by atoms with Gasteiger partial charge in [0, 0.05) is 21.2 Å². The zero-order valence-electron chi connectivity index (χ0n) is 15.6. The van der Waals surface area contributed by atoms with Crippen molar-refractivity contribution in [1.29, 1.82) is 0 Å². The SMILES string of the molecule is COC(=O)c1c(O)cc(-c2ccc(SC)cc2)c2oc3c(OC)cccc3c12. The third kappa shape index (κ3) is 2.77. The van der Waals surface area contributed by atoms with Gasteiger partial charge in [0.1, 0.15) is 16.9 Å². The first kappa shape index (κ1) is 18.3. The number of ether oxygens (including phenoxy) is 2. The van der Waals surface area contributed by atoms with Crippen molar-refractivity contribution in [3.05, 3.63) is 54.1 Å². The lowest BCUT2D eigenvalue weighted by atomic mass is 9.97. The van der Waals surface area contributed by atoms with Crippen molar-refractivity contribution < 1.29 is 23.8 Å². The molecule has 3 aromatic carbocycles. The Bertz CT molecular complexity index is 1190. The number of para-hydroxylation sites is 1. The van der Waals surface area contributed by atoms with E-state index in [-0.39, 0.29) is 11.3 Å². The van der Waals surface area contributed by atoms with Crippen molar-refractivity contribution in [3.8, 4) is 22.6 Å². The summed E-state index contributed by atoms with van der Waals surface area (Å²) in [5.41, 5.74) is 2.64. The average molecular weight is 394 g/mol. The number of phenolic OH excluding ortho intramolecular Hbond substituents is 1. The van der Waals surface area contributed by atoms with Gasteiger partial charge in [0.25, 0.3) is 0 Å². The van der Waals surface area contributed by atoms with Crippen LogP contribution in [0.1, 0.15) is 10.4 Å². The van der Waals surface area contributed by atoms with E-state index in [0.717, 1.165) is 10.5 Å². The zero-order chi connectivity index (χ0) is 19.8. The van der Waals surface area contributed by atoms with Crippen LogP contribution in [-0.4, -0.2) is 31.6 Å². The minimum atomic E-state index is -0.627. The molecule has 0 fully saturated rings. The number of esters is 1. The molecule has 0 aliphatic carbocycles. The van der Waals surface area contributed by atoms with E-state index in [9.17, 15) is 9.90 Å². The monoisotopic (exact) mass is 394 g/mol. The molecule has 0 saturated carbocycles. The number of carbonyl (C=O) groups excluding carboxylic acids is 1. The molecule has 0 aliphatic rings. The molecule has 0 spiro atoms. The minimum Gasteiger partial charge on any atom is -0.507 e. The van der Waals surface area contributed by atoms with Crippen LogP contribution < -0.4 is 4.74 Å². The summed E-state index contributed by atoms with van der Waals surface area (Å²) in [4.78, 5) is 13.5. The highest BCUT2D eigenvalue weighted by atomic mass is 32.2. The summed E-state index contributed by atoms with van der Waals surface area (Å²) < 4.78 is 16.5. The molecule has 4 aromatic rings. The molecule has 28 heavy (non-hydrogen) atoms. The van der Waals surface area contributed by atoms with Gasteiger partial charge in [-0.2, -0.15) is 0 Å². The topological polar surface area (TPSA) is 68.9 Å². The van der Waals surface area contributed by atoms with E-state index in [1.54, 1.807) is 24.9 Å². The van der Waals surface area contributed by atoms with Crippen LogP contribution in [0.3, 0.4) is 0 Å². The molecule has 0 atom stereocenters. The van der Waals surface area contributed by atoms with Crippen molar-refractivity contribution in [2.24, 2.45) is 0 Å². The third-order valence-corrected chi connectivity index (χ3v) is 5.47. The predicted molar refractivity (Wildman–Crippen MR) is 110 cm³/mol. The first-order valence-corrected chi connectivity index (χ1v) is 9.79. The normalized spacial score (nSPS) is 11.1. The summed E-state index contributed by atoms with van der Waals surface area (Å²) in [6.45, 7) is 0. The maximum absolute atomic E-state index is 12.4. The first-order valence-electron chi connectivity index (χ1n) is 8.57. The predicted octanol–water partition coefficient (Wildman–Crippen LogP) is 5.48. The number of furan rings is 1. The van der Waals surface area contributed by atoms with Gasteiger partial charge in [0.05, 0.1) is 14.2 Å². The Balaban J connectivity index is 2.13. The van der Waals surface area contributed by atoms with E-state index < -0.39 is 5.97 Å². The van der Waals surface area contributed by atoms with Crippen molar-refractivity contribution in [3.63, 3.8) is 0 Å². The number of thioether (sulfide) groups is 1. The Morgan fingerprint density at radius 2 is 1.82 bits per heavy atom.